The van der Waals surface area contributed by atoms with Gasteiger partial charge in [0.25, 0.3) is 0 Å². The van der Waals surface area contributed by atoms with Gasteiger partial charge in [-0.3, -0.25) is 0 Å². The molecule has 0 aliphatic heterocycles. The van der Waals surface area contributed by atoms with Gasteiger partial charge in [0, 0.05) is 6.07 Å². The van der Waals surface area contributed by atoms with E-state index < -0.39 is 0 Å². The summed E-state index contributed by atoms with van der Waals surface area (Å²) in [5.41, 5.74) is 1.70. The molecule has 0 N–H and O–H groups in total. The third-order valence-corrected chi connectivity index (χ3v) is 1.89. The quantitative estimate of drug-likeness (QED) is 0.762. The van der Waals surface area contributed by atoms with Crippen molar-refractivity contribution < 1.29 is 4.52 Å². The molecule has 2 rings (SSSR count). The topological polar surface area (TPSA) is 56.7 Å². The number of hydrogen-bond donors (Lipinski definition) is 0. The lowest BCUT2D eigenvalue weighted by Crippen LogP contribution is -2.00. The smallest absolute Gasteiger partial charge is 0.133 e. The molecule has 0 atom stereocenters. The molecule has 0 saturated heterocycles. The van der Waals surface area contributed by atoms with E-state index in [0.29, 0.717) is 6.54 Å². The van der Waals surface area contributed by atoms with Crippen LogP contribution in [0.2, 0.25) is 0 Å². The van der Waals surface area contributed by atoms with Crippen LogP contribution in [0.15, 0.2) is 22.9 Å². The molecular weight excluding hydrogens is 192 g/mol. The second-order valence-corrected chi connectivity index (χ2v) is 3.27. The highest BCUT2D eigenvalue weighted by Gasteiger charge is 2.03. The van der Waals surface area contributed by atoms with Gasteiger partial charge in [-0.25, -0.2) is 4.68 Å². The van der Waals surface area contributed by atoms with E-state index in [1.165, 1.54) is 0 Å². The predicted octanol–water partition coefficient (Wildman–Crippen LogP) is 1.66. The fourth-order valence-corrected chi connectivity index (χ4v) is 1.30. The normalized spacial score (nSPS) is 11.3. The Morgan fingerprint density at radius 1 is 1.53 bits per heavy atom. The first-order valence-electron chi connectivity index (χ1n) is 4.73. The Morgan fingerprint density at radius 2 is 2.40 bits per heavy atom. The Labute approximate surface area is 87.4 Å². The van der Waals surface area contributed by atoms with Gasteiger partial charge in [-0.2, -0.15) is 0 Å². The largest absolute Gasteiger partial charge is 0.361 e. The van der Waals surface area contributed by atoms with Crippen LogP contribution in [0.3, 0.4) is 0 Å². The molecule has 2 heterocycles. The Bertz CT molecular complexity index is 469. The van der Waals surface area contributed by atoms with Crippen molar-refractivity contribution in [2.75, 3.05) is 0 Å². The van der Waals surface area contributed by atoms with Crippen molar-refractivity contribution in [1.82, 2.24) is 20.2 Å². The van der Waals surface area contributed by atoms with Gasteiger partial charge in [-0.15, -0.1) is 5.10 Å². The maximum atomic E-state index is 4.97. The van der Waals surface area contributed by atoms with Crippen molar-refractivity contribution in [2.45, 2.75) is 20.4 Å². The standard InChI is InChI=1S/C10H12N4O/c1-3-4-9-6-14(13-11-9)7-10-5-8(2)15-12-10/h3-6H,7H2,1-2H3/b4-3+. The summed E-state index contributed by atoms with van der Waals surface area (Å²) in [7, 11) is 0. The molecule has 0 spiro atoms. The molecule has 0 bridgehead atoms. The van der Waals surface area contributed by atoms with Crippen molar-refractivity contribution in [1.29, 1.82) is 0 Å². The minimum absolute atomic E-state index is 0.585. The molecule has 0 radical (unpaired) electrons. The summed E-state index contributed by atoms with van der Waals surface area (Å²) in [6.07, 6.45) is 5.69. The van der Waals surface area contributed by atoms with Crippen LogP contribution in [0.25, 0.3) is 6.08 Å². The number of aryl methyl sites for hydroxylation is 1. The molecule has 78 valence electrons. The fraction of sp³-hybridized carbons (Fsp3) is 0.300. The van der Waals surface area contributed by atoms with E-state index in [-0.39, 0.29) is 0 Å². The van der Waals surface area contributed by atoms with Gasteiger partial charge >= 0.3 is 0 Å². The Kier molecular flexibility index (Phi) is 2.62. The molecule has 0 amide bonds. The SMILES string of the molecule is C/C=C/c1cn(Cc2cc(C)on2)nn1. The Morgan fingerprint density at radius 3 is 3.07 bits per heavy atom. The van der Waals surface area contributed by atoms with E-state index in [9.17, 15) is 0 Å². The summed E-state index contributed by atoms with van der Waals surface area (Å²) in [6.45, 7) is 4.39. The van der Waals surface area contributed by atoms with Crippen molar-refractivity contribution in [2.24, 2.45) is 0 Å². The van der Waals surface area contributed by atoms with E-state index in [2.05, 4.69) is 15.5 Å². The predicted molar refractivity (Wildman–Crippen MR) is 55.1 cm³/mol. The number of hydrogen-bond acceptors (Lipinski definition) is 4. The molecule has 2 aromatic rings. The van der Waals surface area contributed by atoms with Gasteiger partial charge in [-0.05, 0) is 19.9 Å². The van der Waals surface area contributed by atoms with E-state index >= 15 is 0 Å². The number of aromatic nitrogens is 4. The summed E-state index contributed by atoms with van der Waals surface area (Å²) >= 11 is 0. The average molecular weight is 204 g/mol. The van der Waals surface area contributed by atoms with Crippen molar-refractivity contribution in [3.05, 3.63) is 35.5 Å². The average Bonchev–Trinajstić information content (AvgIpc) is 2.78. The van der Waals surface area contributed by atoms with E-state index in [4.69, 9.17) is 4.52 Å². The van der Waals surface area contributed by atoms with E-state index in [1.807, 2.05) is 38.3 Å². The first kappa shape index (κ1) is 9.64. The molecule has 0 unspecified atom stereocenters. The molecular formula is C10H12N4O. The van der Waals surface area contributed by atoms with Crippen LogP contribution >= 0.6 is 0 Å². The molecule has 2 aromatic heterocycles. The monoisotopic (exact) mass is 204 g/mol. The van der Waals surface area contributed by atoms with Gasteiger partial charge < -0.3 is 4.52 Å². The molecule has 0 aliphatic carbocycles. The molecule has 0 aromatic carbocycles. The summed E-state index contributed by atoms with van der Waals surface area (Å²) < 4.78 is 6.69. The highest BCUT2D eigenvalue weighted by atomic mass is 16.5. The third-order valence-electron chi connectivity index (χ3n) is 1.89. The summed E-state index contributed by atoms with van der Waals surface area (Å²) in [5, 5.41) is 11.8. The molecule has 5 nitrogen and oxygen atoms in total. The maximum absolute atomic E-state index is 4.97. The lowest BCUT2D eigenvalue weighted by molar-refractivity contribution is 0.387. The lowest BCUT2D eigenvalue weighted by Gasteiger charge is -1.92. The van der Waals surface area contributed by atoms with Crippen LogP contribution in [0, 0.1) is 6.92 Å². The first-order valence-corrected chi connectivity index (χ1v) is 4.73. The molecule has 0 aliphatic rings. The molecule has 15 heavy (non-hydrogen) atoms. The van der Waals surface area contributed by atoms with Gasteiger partial charge in [0.2, 0.25) is 0 Å². The van der Waals surface area contributed by atoms with Gasteiger partial charge in [0.1, 0.15) is 17.1 Å². The summed E-state index contributed by atoms with van der Waals surface area (Å²) in [4.78, 5) is 0. The zero-order valence-electron chi connectivity index (χ0n) is 8.71. The fourth-order valence-electron chi connectivity index (χ4n) is 1.30. The molecule has 0 saturated carbocycles. The van der Waals surface area contributed by atoms with Crippen LogP contribution in [0.5, 0.6) is 0 Å². The molecule has 5 heteroatoms. The zero-order valence-corrected chi connectivity index (χ0v) is 8.71. The molecule has 0 fully saturated rings. The van der Waals surface area contributed by atoms with Crippen LogP contribution in [-0.2, 0) is 6.54 Å². The van der Waals surface area contributed by atoms with Crippen molar-refractivity contribution >= 4 is 6.08 Å². The Hall–Kier alpha value is -1.91. The second-order valence-electron chi connectivity index (χ2n) is 3.27. The van der Waals surface area contributed by atoms with E-state index in [1.54, 1.807) is 4.68 Å². The third kappa shape index (κ3) is 2.31. The maximum Gasteiger partial charge on any atom is 0.133 e. The van der Waals surface area contributed by atoms with Gasteiger partial charge in [-0.1, -0.05) is 16.4 Å². The lowest BCUT2D eigenvalue weighted by atomic mass is 10.4. The van der Waals surface area contributed by atoms with Crippen molar-refractivity contribution in [3.63, 3.8) is 0 Å². The summed E-state index contributed by atoms with van der Waals surface area (Å²) in [5.74, 6) is 0.804. The number of rotatable bonds is 3. The van der Waals surface area contributed by atoms with E-state index in [0.717, 1.165) is 17.1 Å². The second kappa shape index (κ2) is 4.08. The number of allylic oxidation sites excluding steroid dienone is 1. The summed E-state index contributed by atoms with van der Waals surface area (Å²) in [6, 6.07) is 1.89. The first-order chi connectivity index (χ1) is 7.28. The van der Waals surface area contributed by atoms with Crippen molar-refractivity contribution in [3.8, 4) is 0 Å². The highest BCUT2D eigenvalue weighted by Crippen LogP contribution is 2.04. The van der Waals surface area contributed by atoms with Crippen LogP contribution in [0.4, 0.5) is 0 Å². The van der Waals surface area contributed by atoms with Gasteiger partial charge in [0.15, 0.2) is 0 Å². The Balaban J connectivity index is 2.10. The van der Waals surface area contributed by atoms with Crippen LogP contribution in [0.1, 0.15) is 24.1 Å². The van der Waals surface area contributed by atoms with Crippen LogP contribution in [-0.4, -0.2) is 20.2 Å². The highest BCUT2D eigenvalue weighted by molar-refractivity contribution is 5.41. The zero-order chi connectivity index (χ0) is 10.7. The van der Waals surface area contributed by atoms with Gasteiger partial charge in [0.05, 0.1) is 12.7 Å². The number of nitrogens with zero attached hydrogens (tertiary/aromatic N) is 4. The van der Waals surface area contributed by atoms with Crippen LogP contribution < -0.4 is 0 Å². The minimum Gasteiger partial charge on any atom is -0.361 e. The minimum atomic E-state index is 0.585.